The van der Waals surface area contributed by atoms with Gasteiger partial charge in [0.05, 0.1) is 4.90 Å². The number of fused-ring (bicyclic) bond motifs is 1. The minimum atomic E-state index is -3.44. The molecule has 0 atom stereocenters. The summed E-state index contributed by atoms with van der Waals surface area (Å²) in [6.07, 6.45) is 4.52. The molecule has 1 aromatic rings. The molecule has 0 bridgehead atoms. The van der Waals surface area contributed by atoms with Gasteiger partial charge in [-0.1, -0.05) is 0 Å². The zero-order valence-corrected chi connectivity index (χ0v) is 16.1. The summed E-state index contributed by atoms with van der Waals surface area (Å²) in [5.74, 6) is 0.789. The average Bonchev–Trinajstić information content (AvgIpc) is 3.04. The molecule has 1 saturated heterocycles. The molecule has 2 aliphatic rings. The van der Waals surface area contributed by atoms with Crippen LogP contribution >= 0.6 is 12.4 Å². The zero-order valence-electron chi connectivity index (χ0n) is 14.5. The first kappa shape index (κ1) is 20.2. The predicted molar refractivity (Wildman–Crippen MR) is 101 cm³/mol. The minimum absolute atomic E-state index is 0. The number of nitrogens with one attached hydrogen (secondary N) is 2. The summed E-state index contributed by atoms with van der Waals surface area (Å²) in [5, 5.41) is 3.34. The van der Waals surface area contributed by atoms with E-state index in [0.29, 0.717) is 25.3 Å². The lowest BCUT2D eigenvalue weighted by Crippen LogP contribution is -2.31. The van der Waals surface area contributed by atoms with Crippen LogP contribution in [0.5, 0.6) is 0 Å². The predicted octanol–water partition coefficient (Wildman–Crippen LogP) is 1.69. The number of amides is 1. The van der Waals surface area contributed by atoms with Crippen molar-refractivity contribution in [1.29, 1.82) is 0 Å². The van der Waals surface area contributed by atoms with Crippen molar-refractivity contribution < 1.29 is 13.2 Å². The fourth-order valence-electron chi connectivity index (χ4n) is 3.56. The maximum absolute atomic E-state index is 12.6. The standard InChI is InChI=1S/C17H25N3O3S.ClH/c1-18-24(22,23)15-3-4-16-14(12-15)8-11-20(16)17(21)5-2-13-6-9-19-10-7-13;/h3-4,12-13,18-19H,2,5-11H2,1H3;1H. The van der Waals surface area contributed by atoms with Gasteiger partial charge in [0.1, 0.15) is 0 Å². The number of carbonyl (C=O) groups excluding carboxylic acids is 1. The van der Waals surface area contributed by atoms with Crippen LogP contribution in [-0.2, 0) is 21.2 Å². The van der Waals surface area contributed by atoms with Gasteiger partial charge in [-0.2, -0.15) is 0 Å². The highest BCUT2D eigenvalue weighted by Gasteiger charge is 2.26. The summed E-state index contributed by atoms with van der Waals surface area (Å²) in [6.45, 7) is 2.74. The normalized spacial score (nSPS) is 17.9. The fraction of sp³-hybridized carbons (Fsp3) is 0.588. The molecule has 2 heterocycles. The second-order valence-electron chi connectivity index (χ2n) is 6.53. The largest absolute Gasteiger partial charge is 0.317 e. The van der Waals surface area contributed by atoms with E-state index < -0.39 is 10.0 Å². The molecule has 0 aromatic heterocycles. The van der Waals surface area contributed by atoms with Gasteiger partial charge in [0.15, 0.2) is 0 Å². The molecule has 2 aliphatic heterocycles. The first-order chi connectivity index (χ1) is 11.5. The molecule has 1 amide bonds. The van der Waals surface area contributed by atoms with E-state index in [1.165, 1.54) is 7.05 Å². The first-order valence-corrected chi connectivity index (χ1v) is 10.1. The highest BCUT2D eigenvalue weighted by molar-refractivity contribution is 7.89. The quantitative estimate of drug-likeness (QED) is 0.805. The smallest absolute Gasteiger partial charge is 0.240 e. The van der Waals surface area contributed by atoms with Crippen molar-refractivity contribution in [3.8, 4) is 0 Å². The number of benzene rings is 1. The van der Waals surface area contributed by atoms with Crippen LogP contribution < -0.4 is 14.9 Å². The van der Waals surface area contributed by atoms with Gasteiger partial charge in [-0.05, 0) is 75.5 Å². The van der Waals surface area contributed by atoms with Crippen molar-refractivity contribution in [2.24, 2.45) is 5.92 Å². The van der Waals surface area contributed by atoms with E-state index in [4.69, 9.17) is 0 Å². The number of sulfonamides is 1. The molecule has 0 saturated carbocycles. The van der Waals surface area contributed by atoms with E-state index in [9.17, 15) is 13.2 Å². The van der Waals surface area contributed by atoms with Crippen LogP contribution in [0.1, 0.15) is 31.2 Å². The number of piperidine rings is 1. The van der Waals surface area contributed by atoms with Crippen LogP contribution in [0.4, 0.5) is 5.69 Å². The van der Waals surface area contributed by atoms with Crippen LogP contribution in [-0.4, -0.2) is 41.0 Å². The number of nitrogens with zero attached hydrogens (tertiary/aromatic N) is 1. The van der Waals surface area contributed by atoms with Crippen molar-refractivity contribution in [2.45, 2.75) is 37.0 Å². The summed E-state index contributed by atoms with van der Waals surface area (Å²) in [6, 6.07) is 5.01. The Morgan fingerprint density at radius 3 is 2.72 bits per heavy atom. The Bertz CT molecular complexity index is 718. The van der Waals surface area contributed by atoms with Crippen LogP contribution in [0.15, 0.2) is 23.1 Å². The van der Waals surface area contributed by atoms with Gasteiger partial charge in [-0.25, -0.2) is 13.1 Å². The lowest BCUT2D eigenvalue weighted by Gasteiger charge is -2.24. The highest BCUT2D eigenvalue weighted by atomic mass is 35.5. The summed E-state index contributed by atoms with van der Waals surface area (Å²) < 4.78 is 26.1. The molecule has 0 aliphatic carbocycles. The van der Waals surface area contributed by atoms with Gasteiger partial charge in [-0.15, -0.1) is 12.4 Å². The average molecular weight is 388 g/mol. The third-order valence-electron chi connectivity index (χ3n) is 5.05. The molecular formula is C17H26ClN3O3S. The van der Waals surface area contributed by atoms with E-state index in [1.807, 2.05) is 4.90 Å². The van der Waals surface area contributed by atoms with Crippen molar-refractivity contribution in [1.82, 2.24) is 10.0 Å². The summed E-state index contributed by atoms with van der Waals surface area (Å²) in [4.78, 5) is 14.6. The topological polar surface area (TPSA) is 78.5 Å². The van der Waals surface area contributed by atoms with Crippen LogP contribution in [0.2, 0.25) is 0 Å². The van der Waals surface area contributed by atoms with Gasteiger partial charge in [-0.3, -0.25) is 4.79 Å². The number of hydrogen-bond donors (Lipinski definition) is 2. The molecule has 0 unspecified atom stereocenters. The Balaban J connectivity index is 0.00000225. The first-order valence-electron chi connectivity index (χ1n) is 8.59. The lowest BCUT2D eigenvalue weighted by molar-refractivity contribution is -0.118. The van der Waals surface area contributed by atoms with Gasteiger partial charge >= 0.3 is 0 Å². The summed E-state index contributed by atoms with van der Waals surface area (Å²) in [5.41, 5.74) is 1.79. The van der Waals surface area contributed by atoms with Gasteiger partial charge in [0.25, 0.3) is 0 Å². The number of anilines is 1. The maximum Gasteiger partial charge on any atom is 0.240 e. The Kier molecular flexibility index (Phi) is 6.85. The molecule has 3 rings (SSSR count). The number of carbonyl (C=O) groups is 1. The third kappa shape index (κ3) is 4.53. The maximum atomic E-state index is 12.6. The molecule has 1 aromatic carbocycles. The lowest BCUT2D eigenvalue weighted by atomic mass is 9.93. The monoisotopic (exact) mass is 387 g/mol. The van der Waals surface area contributed by atoms with Crippen molar-refractivity contribution >= 4 is 34.0 Å². The summed E-state index contributed by atoms with van der Waals surface area (Å²) >= 11 is 0. The van der Waals surface area contributed by atoms with E-state index in [0.717, 1.165) is 43.6 Å². The number of rotatable bonds is 5. The molecular weight excluding hydrogens is 362 g/mol. The number of halogens is 1. The van der Waals surface area contributed by atoms with Gasteiger partial charge in [0, 0.05) is 18.7 Å². The van der Waals surface area contributed by atoms with Crippen LogP contribution in [0, 0.1) is 5.92 Å². The SMILES string of the molecule is CNS(=O)(=O)c1ccc2c(c1)CCN2C(=O)CCC1CCNCC1.Cl. The summed E-state index contributed by atoms with van der Waals surface area (Å²) in [7, 11) is -2.04. The van der Waals surface area contributed by atoms with Crippen LogP contribution in [0.3, 0.4) is 0 Å². The van der Waals surface area contributed by atoms with Crippen molar-refractivity contribution in [3.63, 3.8) is 0 Å². The molecule has 1 fully saturated rings. The molecule has 2 N–H and O–H groups in total. The van der Waals surface area contributed by atoms with E-state index in [2.05, 4.69) is 10.0 Å². The Morgan fingerprint density at radius 2 is 2.04 bits per heavy atom. The molecule has 8 heteroatoms. The molecule has 25 heavy (non-hydrogen) atoms. The zero-order chi connectivity index (χ0) is 17.2. The molecule has 6 nitrogen and oxygen atoms in total. The molecule has 0 radical (unpaired) electrons. The minimum Gasteiger partial charge on any atom is -0.317 e. The highest BCUT2D eigenvalue weighted by Crippen LogP contribution is 2.31. The van der Waals surface area contributed by atoms with Crippen molar-refractivity contribution in [3.05, 3.63) is 23.8 Å². The molecule has 140 valence electrons. The Labute approximate surface area is 155 Å². The second-order valence-corrected chi connectivity index (χ2v) is 8.41. The Hall–Kier alpha value is -1.15. The second kappa shape index (κ2) is 8.49. The van der Waals surface area contributed by atoms with E-state index >= 15 is 0 Å². The van der Waals surface area contributed by atoms with Crippen LogP contribution in [0.25, 0.3) is 0 Å². The van der Waals surface area contributed by atoms with E-state index in [1.54, 1.807) is 18.2 Å². The fourth-order valence-corrected chi connectivity index (χ4v) is 4.34. The van der Waals surface area contributed by atoms with E-state index in [-0.39, 0.29) is 23.2 Å². The number of hydrogen-bond acceptors (Lipinski definition) is 4. The molecule has 0 spiro atoms. The van der Waals surface area contributed by atoms with Crippen molar-refractivity contribution in [2.75, 3.05) is 31.6 Å². The van der Waals surface area contributed by atoms with Gasteiger partial charge in [0.2, 0.25) is 15.9 Å². The van der Waals surface area contributed by atoms with Gasteiger partial charge < -0.3 is 10.2 Å². The Morgan fingerprint density at radius 1 is 1.32 bits per heavy atom. The third-order valence-corrected chi connectivity index (χ3v) is 6.46.